The molecule has 0 saturated carbocycles. The first-order valence-corrected chi connectivity index (χ1v) is 11.1. The quantitative estimate of drug-likeness (QED) is 0.416. The van der Waals surface area contributed by atoms with Gasteiger partial charge in [0.1, 0.15) is 28.8 Å². The minimum atomic E-state index is -1.07. The van der Waals surface area contributed by atoms with Crippen LogP contribution in [0.4, 0.5) is 18.9 Å². The van der Waals surface area contributed by atoms with Crippen LogP contribution in [0.5, 0.6) is 0 Å². The minimum Gasteiger partial charge on any atom is -0.509 e. The van der Waals surface area contributed by atoms with E-state index in [1.54, 1.807) is 18.0 Å². The van der Waals surface area contributed by atoms with Crippen molar-refractivity contribution in [1.82, 2.24) is 10.0 Å². The Morgan fingerprint density at radius 3 is 2.58 bits per heavy atom. The van der Waals surface area contributed by atoms with Gasteiger partial charge in [-0.1, -0.05) is 23.7 Å². The lowest BCUT2D eigenvalue weighted by molar-refractivity contribution is -0.160. The van der Waals surface area contributed by atoms with E-state index in [0.29, 0.717) is 24.9 Å². The van der Waals surface area contributed by atoms with E-state index in [4.69, 9.17) is 11.6 Å². The molecule has 2 heterocycles. The zero-order valence-electron chi connectivity index (χ0n) is 17.3. The van der Waals surface area contributed by atoms with E-state index >= 15 is 0 Å². The van der Waals surface area contributed by atoms with E-state index < -0.39 is 50.6 Å². The van der Waals surface area contributed by atoms with E-state index in [1.165, 1.54) is 17.1 Å². The highest BCUT2D eigenvalue weighted by molar-refractivity contribution is 9.10. The number of anilines is 1. The summed E-state index contributed by atoms with van der Waals surface area (Å²) in [5.41, 5.74) is -1.55. The van der Waals surface area contributed by atoms with Crippen molar-refractivity contribution in [3.63, 3.8) is 0 Å². The molecule has 174 valence electrons. The number of carbonyl (C=O) groups excluding carboxylic acids is 2. The van der Waals surface area contributed by atoms with Gasteiger partial charge in [0.2, 0.25) is 0 Å². The molecule has 0 spiro atoms. The van der Waals surface area contributed by atoms with Crippen LogP contribution in [0.1, 0.15) is 25.3 Å². The Labute approximate surface area is 200 Å². The SMILES string of the molecule is CC12CCCN1N(Cc1cccc(F)c1Cl)C(=O)C(C(=O)Nc1cc(F)c(Br)c(F)c1)=C2O. The van der Waals surface area contributed by atoms with Crippen LogP contribution >= 0.6 is 27.5 Å². The van der Waals surface area contributed by atoms with Crippen molar-refractivity contribution >= 4 is 45.0 Å². The molecule has 2 N–H and O–H groups in total. The van der Waals surface area contributed by atoms with Crippen LogP contribution in [-0.2, 0) is 16.1 Å². The summed E-state index contributed by atoms with van der Waals surface area (Å²) in [6.45, 7) is 1.95. The van der Waals surface area contributed by atoms with Gasteiger partial charge < -0.3 is 10.4 Å². The number of fused-ring (bicyclic) bond motifs is 1. The Bertz CT molecular complexity index is 1190. The lowest BCUT2D eigenvalue weighted by Crippen LogP contribution is -2.60. The van der Waals surface area contributed by atoms with Crippen molar-refractivity contribution in [2.75, 3.05) is 11.9 Å². The Balaban J connectivity index is 1.72. The third kappa shape index (κ3) is 4.00. The fourth-order valence-electron chi connectivity index (χ4n) is 4.20. The first kappa shape index (κ1) is 23.6. The summed E-state index contributed by atoms with van der Waals surface area (Å²) in [6.07, 6.45) is 1.07. The molecule has 2 aliphatic rings. The fourth-order valence-corrected chi connectivity index (χ4v) is 4.62. The Hall–Kier alpha value is -2.56. The molecule has 0 bridgehead atoms. The van der Waals surface area contributed by atoms with Crippen molar-refractivity contribution in [2.24, 2.45) is 0 Å². The fraction of sp³-hybridized carbons (Fsp3) is 0.273. The summed E-state index contributed by atoms with van der Waals surface area (Å²) in [6, 6.07) is 5.95. The lowest BCUT2D eigenvalue weighted by atomic mass is 9.90. The highest BCUT2D eigenvalue weighted by Crippen LogP contribution is 2.42. The van der Waals surface area contributed by atoms with E-state index in [1.807, 2.05) is 0 Å². The maximum atomic E-state index is 13.9. The Kier molecular flexibility index (Phi) is 6.19. The number of nitrogens with one attached hydrogen (secondary N) is 1. The normalized spacial score (nSPS) is 20.9. The van der Waals surface area contributed by atoms with Crippen LogP contribution in [-0.4, -0.2) is 39.0 Å². The van der Waals surface area contributed by atoms with E-state index in [-0.39, 0.29) is 17.3 Å². The van der Waals surface area contributed by atoms with Crippen LogP contribution in [0.3, 0.4) is 0 Å². The summed E-state index contributed by atoms with van der Waals surface area (Å²) in [7, 11) is 0. The zero-order valence-corrected chi connectivity index (χ0v) is 19.6. The van der Waals surface area contributed by atoms with Crippen LogP contribution in [0.15, 0.2) is 46.1 Å². The molecule has 33 heavy (non-hydrogen) atoms. The average Bonchev–Trinajstić information content (AvgIpc) is 3.15. The summed E-state index contributed by atoms with van der Waals surface area (Å²) in [5, 5.41) is 15.9. The second kappa shape index (κ2) is 8.66. The van der Waals surface area contributed by atoms with E-state index in [0.717, 1.165) is 12.1 Å². The van der Waals surface area contributed by atoms with Gasteiger partial charge >= 0.3 is 0 Å². The molecule has 0 radical (unpaired) electrons. The number of nitrogens with zero attached hydrogens (tertiary/aromatic N) is 2. The van der Waals surface area contributed by atoms with Crippen molar-refractivity contribution in [3.8, 4) is 0 Å². The number of rotatable bonds is 4. The Morgan fingerprint density at radius 2 is 1.91 bits per heavy atom. The first-order chi connectivity index (χ1) is 15.5. The van der Waals surface area contributed by atoms with Gasteiger partial charge in [0.15, 0.2) is 0 Å². The second-order valence-electron chi connectivity index (χ2n) is 8.01. The number of carbonyl (C=O) groups is 2. The molecule has 2 aliphatic heterocycles. The van der Waals surface area contributed by atoms with Gasteiger partial charge in [0.05, 0.1) is 21.6 Å². The predicted octanol–water partition coefficient (Wildman–Crippen LogP) is 5.08. The maximum Gasteiger partial charge on any atom is 0.277 e. The van der Waals surface area contributed by atoms with Crippen molar-refractivity contribution < 1.29 is 27.9 Å². The number of aliphatic hydroxyl groups is 1. The molecule has 1 saturated heterocycles. The van der Waals surface area contributed by atoms with Gasteiger partial charge in [0, 0.05) is 12.2 Å². The number of hydrogen-bond acceptors (Lipinski definition) is 4. The number of amides is 2. The van der Waals surface area contributed by atoms with Crippen LogP contribution in [0, 0.1) is 17.5 Å². The van der Waals surface area contributed by atoms with Gasteiger partial charge in [-0.15, -0.1) is 0 Å². The molecule has 2 aromatic carbocycles. The molecular weight excluding hydrogens is 527 g/mol. The third-order valence-electron chi connectivity index (χ3n) is 5.91. The van der Waals surface area contributed by atoms with Gasteiger partial charge in [-0.2, -0.15) is 0 Å². The highest BCUT2D eigenvalue weighted by Gasteiger charge is 2.52. The number of aliphatic hydroxyl groups excluding tert-OH is 1. The summed E-state index contributed by atoms with van der Waals surface area (Å²) in [5.74, 6) is -4.87. The second-order valence-corrected chi connectivity index (χ2v) is 9.18. The van der Waals surface area contributed by atoms with Crippen molar-refractivity contribution in [3.05, 3.63) is 74.2 Å². The summed E-state index contributed by atoms with van der Waals surface area (Å²) < 4.78 is 41.3. The maximum absolute atomic E-state index is 13.9. The van der Waals surface area contributed by atoms with Crippen molar-refractivity contribution in [1.29, 1.82) is 0 Å². The molecule has 6 nitrogen and oxygen atoms in total. The smallest absolute Gasteiger partial charge is 0.277 e. The lowest BCUT2D eigenvalue weighted by Gasteiger charge is -2.46. The molecule has 0 aliphatic carbocycles. The van der Waals surface area contributed by atoms with Gasteiger partial charge in [-0.05, 0) is 59.5 Å². The van der Waals surface area contributed by atoms with Crippen molar-refractivity contribution in [2.45, 2.75) is 31.8 Å². The minimum absolute atomic E-state index is 0.142. The van der Waals surface area contributed by atoms with E-state index in [2.05, 4.69) is 21.2 Å². The third-order valence-corrected chi connectivity index (χ3v) is 7.09. The highest BCUT2D eigenvalue weighted by atomic mass is 79.9. The number of hydrogen-bond donors (Lipinski definition) is 2. The average molecular weight is 545 g/mol. The molecule has 2 aromatic rings. The van der Waals surface area contributed by atoms with Gasteiger partial charge in [-0.25, -0.2) is 18.2 Å². The molecule has 11 heteroatoms. The predicted molar refractivity (Wildman–Crippen MR) is 119 cm³/mol. The van der Waals surface area contributed by atoms with Crippen LogP contribution < -0.4 is 5.32 Å². The molecule has 1 fully saturated rings. The largest absolute Gasteiger partial charge is 0.509 e. The first-order valence-electron chi connectivity index (χ1n) is 9.96. The number of halogens is 5. The van der Waals surface area contributed by atoms with Gasteiger partial charge in [-0.3, -0.25) is 14.6 Å². The van der Waals surface area contributed by atoms with Crippen LogP contribution in [0.2, 0.25) is 5.02 Å². The molecular formula is C22H18BrClF3N3O3. The molecule has 2 amide bonds. The summed E-state index contributed by atoms with van der Waals surface area (Å²) >= 11 is 8.82. The standard InChI is InChI=1S/C22H18BrClF3N3O3/c1-22-6-3-7-30(22)29(10-11-4-2-5-13(25)18(11)24)21(33)16(19(22)31)20(32)28-12-8-14(26)17(23)15(27)9-12/h2,4-5,8-9,31H,3,6-7,10H2,1H3,(H,28,32). The molecule has 1 unspecified atom stereocenters. The topological polar surface area (TPSA) is 72.9 Å². The van der Waals surface area contributed by atoms with Gasteiger partial charge in [0.25, 0.3) is 11.8 Å². The van der Waals surface area contributed by atoms with E-state index in [9.17, 15) is 27.9 Å². The van der Waals surface area contributed by atoms with Crippen LogP contribution in [0.25, 0.3) is 0 Å². The number of hydrazine groups is 1. The molecule has 0 aromatic heterocycles. The molecule has 4 rings (SSSR count). The Morgan fingerprint density at radius 1 is 1.24 bits per heavy atom. The zero-order chi connectivity index (χ0) is 24.1. The monoisotopic (exact) mass is 543 g/mol. The molecule has 1 atom stereocenters. The number of benzene rings is 2. The summed E-state index contributed by atoms with van der Waals surface area (Å²) in [4.78, 5) is 26.4.